The predicted octanol–water partition coefficient (Wildman–Crippen LogP) is 2.90. The van der Waals surface area contributed by atoms with Crippen LogP contribution >= 0.6 is 35.7 Å². The first kappa shape index (κ1) is 13.6. The first-order chi connectivity index (χ1) is 5.93. The molecule has 1 rings (SSSR count). The van der Waals surface area contributed by atoms with Crippen molar-refractivity contribution >= 4 is 35.7 Å². The molecule has 78 valence electrons. The van der Waals surface area contributed by atoms with Crippen molar-refractivity contribution < 1.29 is 4.74 Å². The van der Waals surface area contributed by atoms with Gasteiger partial charge in [0.2, 0.25) is 0 Å². The Morgan fingerprint density at radius 2 is 2.31 bits per heavy atom. The van der Waals surface area contributed by atoms with Crippen LogP contribution in [0.3, 0.4) is 0 Å². The molecule has 13 heavy (non-hydrogen) atoms. The number of hydrogen-bond donors (Lipinski definition) is 0. The Bertz CT molecular complexity index is 144. The number of nitrogens with zero attached hydrogens (tertiary/aromatic N) is 1. The summed E-state index contributed by atoms with van der Waals surface area (Å²) in [5, 5.41) is 2.16. The standard InChI is InChI=1S/C9H17NOS.HI/c1-2-11-7-4-3-5-10-6-8-12-9-10;/h6,8H,2-5,7,9H2,1H3;1H. The minimum absolute atomic E-state index is 0. The summed E-state index contributed by atoms with van der Waals surface area (Å²) in [6.07, 6.45) is 4.60. The van der Waals surface area contributed by atoms with Gasteiger partial charge < -0.3 is 9.64 Å². The number of ether oxygens (including phenoxy) is 1. The fourth-order valence-corrected chi connectivity index (χ4v) is 1.86. The van der Waals surface area contributed by atoms with Crippen LogP contribution in [0.4, 0.5) is 0 Å². The maximum Gasteiger partial charge on any atom is 0.0675 e. The molecule has 0 unspecified atom stereocenters. The quantitative estimate of drug-likeness (QED) is 0.552. The van der Waals surface area contributed by atoms with Crippen LogP contribution in [-0.4, -0.2) is 30.5 Å². The van der Waals surface area contributed by atoms with Gasteiger partial charge in [0.1, 0.15) is 0 Å². The lowest BCUT2D eigenvalue weighted by atomic mass is 10.3. The molecule has 1 aliphatic rings. The van der Waals surface area contributed by atoms with Crippen molar-refractivity contribution in [2.24, 2.45) is 0 Å². The minimum Gasteiger partial charge on any atom is -0.382 e. The van der Waals surface area contributed by atoms with Gasteiger partial charge in [0.15, 0.2) is 0 Å². The van der Waals surface area contributed by atoms with Gasteiger partial charge in [0.25, 0.3) is 0 Å². The van der Waals surface area contributed by atoms with Gasteiger partial charge in [-0.25, -0.2) is 0 Å². The summed E-state index contributed by atoms with van der Waals surface area (Å²) >= 11 is 1.86. The molecule has 0 aromatic rings. The molecule has 1 aliphatic heterocycles. The monoisotopic (exact) mass is 315 g/mol. The largest absolute Gasteiger partial charge is 0.382 e. The van der Waals surface area contributed by atoms with Crippen LogP contribution in [0.15, 0.2) is 11.6 Å². The SMILES string of the molecule is CCOCCCCN1C=CSC1.I. The first-order valence-corrected chi connectivity index (χ1v) is 5.58. The Morgan fingerprint density at radius 1 is 1.46 bits per heavy atom. The fraction of sp³-hybridized carbons (Fsp3) is 0.778. The number of rotatable bonds is 6. The van der Waals surface area contributed by atoms with E-state index in [2.05, 4.69) is 16.5 Å². The molecule has 0 saturated carbocycles. The van der Waals surface area contributed by atoms with Crippen LogP contribution in [-0.2, 0) is 4.74 Å². The molecule has 0 aromatic carbocycles. The highest BCUT2D eigenvalue weighted by atomic mass is 127. The molecule has 0 fully saturated rings. The van der Waals surface area contributed by atoms with Gasteiger partial charge in [0, 0.05) is 26.0 Å². The first-order valence-electron chi connectivity index (χ1n) is 4.53. The zero-order chi connectivity index (χ0) is 8.65. The van der Waals surface area contributed by atoms with E-state index in [0.717, 1.165) is 19.1 Å². The second-order valence-electron chi connectivity index (χ2n) is 2.80. The summed E-state index contributed by atoms with van der Waals surface area (Å²) in [6, 6.07) is 0. The topological polar surface area (TPSA) is 12.5 Å². The van der Waals surface area contributed by atoms with Crippen molar-refractivity contribution in [2.45, 2.75) is 19.8 Å². The Hall–Kier alpha value is 0.580. The van der Waals surface area contributed by atoms with Gasteiger partial charge in [-0.15, -0.1) is 35.7 Å². The smallest absolute Gasteiger partial charge is 0.0675 e. The number of halogens is 1. The Balaban J connectivity index is 0.00000144. The fourth-order valence-electron chi connectivity index (χ4n) is 1.11. The molecule has 0 atom stereocenters. The lowest BCUT2D eigenvalue weighted by molar-refractivity contribution is 0.142. The lowest BCUT2D eigenvalue weighted by Crippen LogP contribution is -2.14. The zero-order valence-electron chi connectivity index (χ0n) is 8.07. The van der Waals surface area contributed by atoms with E-state index in [-0.39, 0.29) is 24.0 Å². The summed E-state index contributed by atoms with van der Waals surface area (Å²) in [5.74, 6) is 1.13. The highest BCUT2D eigenvalue weighted by Gasteiger charge is 2.02. The molecule has 0 aliphatic carbocycles. The van der Waals surface area contributed by atoms with Gasteiger partial charge in [-0.1, -0.05) is 0 Å². The van der Waals surface area contributed by atoms with E-state index in [1.54, 1.807) is 0 Å². The summed E-state index contributed by atoms with van der Waals surface area (Å²) in [7, 11) is 0. The van der Waals surface area contributed by atoms with Crippen LogP contribution in [0.5, 0.6) is 0 Å². The van der Waals surface area contributed by atoms with Crippen molar-refractivity contribution in [1.29, 1.82) is 0 Å². The lowest BCUT2D eigenvalue weighted by Gasteiger charge is -2.13. The van der Waals surface area contributed by atoms with E-state index in [1.165, 1.54) is 19.4 Å². The summed E-state index contributed by atoms with van der Waals surface area (Å²) in [5.41, 5.74) is 0. The van der Waals surface area contributed by atoms with Crippen molar-refractivity contribution in [3.8, 4) is 0 Å². The van der Waals surface area contributed by atoms with E-state index in [9.17, 15) is 0 Å². The molecule has 0 radical (unpaired) electrons. The van der Waals surface area contributed by atoms with E-state index >= 15 is 0 Å². The Labute approximate surface area is 102 Å². The molecule has 0 spiro atoms. The second-order valence-corrected chi connectivity index (χ2v) is 3.66. The van der Waals surface area contributed by atoms with Crippen LogP contribution in [0.25, 0.3) is 0 Å². The van der Waals surface area contributed by atoms with Gasteiger partial charge in [-0.05, 0) is 25.2 Å². The molecule has 4 heteroatoms. The molecule has 1 heterocycles. The molecule has 0 amide bonds. The minimum atomic E-state index is 0. The molecular weight excluding hydrogens is 297 g/mol. The van der Waals surface area contributed by atoms with E-state index < -0.39 is 0 Å². The molecule has 0 aromatic heterocycles. The van der Waals surface area contributed by atoms with Crippen molar-refractivity contribution in [3.05, 3.63) is 11.6 Å². The van der Waals surface area contributed by atoms with Crippen molar-refractivity contribution in [1.82, 2.24) is 4.90 Å². The molecule has 2 nitrogen and oxygen atoms in total. The maximum absolute atomic E-state index is 5.26. The Morgan fingerprint density at radius 3 is 2.92 bits per heavy atom. The van der Waals surface area contributed by atoms with E-state index in [1.807, 2.05) is 18.7 Å². The third-order valence-electron chi connectivity index (χ3n) is 1.80. The average Bonchev–Trinajstić information content (AvgIpc) is 2.57. The molecule has 0 saturated heterocycles. The van der Waals surface area contributed by atoms with E-state index in [0.29, 0.717) is 0 Å². The third-order valence-corrected chi connectivity index (χ3v) is 2.59. The second kappa shape index (κ2) is 9.15. The number of unbranched alkanes of at least 4 members (excludes halogenated alkanes) is 1. The summed E-state index contributed by atoms with van der Waals surface area (Å²) in [6.45, 7) is 4.98. The molecule has 0 bridgehead atoms. The summed E-state index contributed by atoms with van der Waals surface area (Å²) in [4.78, 5) is 2.34. The average molecular weight is 315 g/mol. The van der Waals surface area contributed by atoms with Crippen LogP contribution in [0, 0.1) is 0 Å². The zero-order valence-corrected chi connectivity index (χ0v) is 11.2. The van der Waals surface area contributed by atoms with Gasteiger partial charge in [-0.2, -0.15) is 0 Å². The normalized spacial score (nSPS) is 14.7. The van der Waals surface area contributed by atoms with Crippen LogP contribution < -0.4 is 0 Å². The number of hydrogen-bond acceptors (Lipinski definition) is 3. The Kier molecular flexibility index (Phi) is 9.56. The maximum atomic E-state index is 5.26. The van der Waals surface area contributed by atoms with Crippen LogP contribution in [0.2, 0.25) is 0 Å². The highest BCUT2D eigenvalue weighted by Crippen LogP contribution is 2.15. The summed E-state index contributed by atoms with van der Waals surface area (Å²) < 4.78 is 5.26. The highest BCUT2D eigenvalue weighted by molar-refractivity contribution is 14.0. The molecular formula is C9H18INOS. The van der Waals surface area contributed by atoms with Gasteiger partial charge in [0.05, 0.1) is 5.88 Å². The molecule has 0 N–H and O–H groups in total. The van der Waals surface area contributed by atoms with Crippen LogP contribution in [0.1, 0.15) is 19.8 Å². The van der Waals surface area contributed by atoms with Gasteiger partial charge >= 0.3 is 0 Å². The van der Waals surface area contributed by atoms with Gasteiger partial charge in [-0.3, -0.25) is 0 Å². The number of thioether (sulfide) groups is 1. The van der Waals surface area contributed by atoms with E-state index in [4.69, 9.17) is 4.74 Å². The van der Waals surface area contributed by atoms with Crippen molar-refractivity contribution in [2.75, 3.05) is 25.6 Å². The van der Waals surface area contributed by atoms with Crippen molar-refractivity contribution in [3.63, 3.8) is 0 Å². The third kappa shape index (κ3) is 6.62. The predicted molar refractivity (Wildman–Crippen MR) is 69.4 cm³/mol.